The number of nitrogens with zero attached hydrogens (tertiary/aromatic N) is 2. The van der Waals surface area contributed by atoms with Crippen LogP contribution in [0.3, 0.4) is 0 Å². The molecule has 3 rings (SSSR count). The van der Waals surface area contributed by atoms with Crippen LogP contribution in [-0.2, 0) is 6.18 Å². The third kappa shape index (κ3) is 4.24. The van der Waals surface area contributed by atoms with Gasteiger partial charge in [-0.3, -0.25) is 4.98 Å². The maximum atomic E-state index is 13.2. The molecular weight excluding hydrogens is 329 g/mol. The minimum absolute atomic E-state index is 0.0311. The van der Waals surface area contributed by atoms with E-state index >= 15 is 0 Å². The Bertz CT molecular complexity index is 722. The number of likely N-dealkylation sites (tertiary alicyclic amines) is 1. The molecule has 0 amide bonds. The lowest BCUT2D eigenvalue weighted by Gasteiger charge is -2.33. The van der Waals surface area contributed by atoms with Gasteiger partial charge in [0.05, 0.1) is 11.1 Å². The van der Waals surface area contributed by atoms with Gasteiger partial charge < -0.3 is 9.64 Å². The first kappa shape index (κ1) is 18.0. The number of piperidine rings is 1. The van der Waals surface area contributed by atoms with Gasteiger partial charge in [0.25, 0.3) is 0 Å². The van der Waals surface area contributed by atoms with Gasteiger partial charge in [-0.1, -0.05) is 19.9 Å². The second-order valence-electron chi connectivity index (χ2n) is 7.02. The average Bonchev–Trinajstić information content (AvgIpc) is 2.55. The number of rotatable bonds is 4. The lowest BCUT2D eigenvalue weighted by Crippen LogP contribution is -2.39. The molecule has 1 aliphatic rings. The molecule has 0 aliphatic carbocycles. The molecule has 6 heteroatoms. The number of pyridine rings is 1. The monoisotopic (exact) mass is 352 g/mol. The number of alkyl halides is 3. The summed E-state index contributed by atoms with van der Waals surface area (Å²) >= 11 is 0. The van der Waals surface area contributed by atoms with Crippen LogP contribution in [-0.4, -0.2) is 35.6 Å². The Balaban J connectivity index is 1.77. The van der Waals surface area contributed by atoms with Gasteiger partial charge in [-0.05, 0) is 37.0 Å². The molecule has 136 valence electrons. The molecule has 0 radical (unpaired) electrons. The predicted octanol–water partition coefficient (Wildman–Crippen LogP) is 4.75. The van der Waals surface area contributed by atoms with E-state index in [1.807, 2.05) is 0 Å². The van der Waals surface area contributed by atoms with Gasteiger partial charge in [-0.2, -0.15) is 13.2 Å². The summed E-state index contributed by atoms with van der Waals surface area (Å²) in [7, 11) is 0. The van der Waals surface area contributed by atoms with Gasteiger partial charge in [-0.25, -0.2) is 0 Å². The van der Waals surface area contributed by atoms with Crippen molar-refractivity contribution in [2.45, 2.75) is 39.0 Å². The molecule has 2 heterocycles. The molecular formula is C19H23F3N2O. The highest BCUT2D eigenvalue weighted by Gasteiger charge is 2.33. The highest BCUT2D eigenvalue weighted by molar-refractivity contribution is 5.87. The molecule has 1 aromatic carbocycles. The zero-order valence-corrected chi connectivity index (χ0v) is 14.5. The summed E-state index contributed by atoms with van der Waals surface area (Å²) in [4.78, 5) is 6.35. The molecule has 0 saturated carbocycles. The number of aromatic nitrogens is 1. The molecule has 0 N–H and O–H groups in total. The van der Waals surface area contributed by atoms with Crippen LogP contribution in [0.5, 0.6) is 5.75 Å². The van der Waals surface area contributed by atoms with E-state index in [1.54, 1.807) is 12.1 Å². The second kappa shape index (κ2) is 7.20. The summed E-state index contributed by atoms with van der Waals surface area (Å²) in [5.74, 6) is 1.11. The number of hydrogen-bond donors (Lipinski definition) is 0. The Morgan fingerprint density at radius 3 is 2.56 bits per heavy atom. The van der Waals surface area contributed by atoms with Crippen LogP contribution in [0, 0.1) is 5.92 Å². The SMILES string of the molecule is CC(C)CN1CCC(Oc2ccnc3c(C(F)(F)F)cccc23)CC1. The summed E-state index contributed by atoms with van der Waals surface area (Å²) in [6.45, 7) is 7.38. The summed E-state index contributed by atoms with van der Waals surface area (Å²) in [6, 6.07) is 5.76. The van der Waals surface area contributed by atoms with Crippen LogP contribution in [0.4, 0.5) is 13.2 Å². The van der Waals surface area contributed by atoms with Crippen molar-refractivity contribution >= 4 is 10.9 Å². The first-order chi connectivity index (χ1) is 11.8. The summed E-state index contributed by atoms with van der Waals surface area (Å²) in [5.41, 5.74) is -0.771. The van der Waals surface area contributed by atoms with Crippen LogP contribution < -0.4 is 4.74 Å². The van der Waals surface area contributed by atoms with Gasteiger partial charge in [-0.15, -0.1) is 0 Å². The largest absolute Gasteiger partial charge is 0.490 e. The number of hydrogen-bond acceptors (Lipinski definition) is 3. The fraction of sp³-hybridized carbons (Fsp3) is 0.526. The minimum Gasteiger partial charge on any atom is -0.490 e. The number of ether oxygens (including phenoxy) is 1. The van der Waals surface area contributed by atoms with E-state index in [0.717, 1.165) is 38.5 Å². The molecule has 1 aliphatic heterocycles. The molecule has 3 nitrogen and oxygen atoms in total. The van der Waals surface area contributed by atoms with E-state index in [9.17, 15) is 13.2 Å². The Morgan fingerprint density at radius 1 is 1.20 bits per heavy atom. The average molecular weight is 352 g/mol. The van der Waals surface area contributed by atoms with Crippen LogP contribution >= 0.6 is 0 Å². The summed E-state index contributed by atoms with van der Waals surface area (Å²) in [6.07, 6.45) is -1.23. The smallest absolute Gasteiger partial charge is 0.418 e. The zero-order valence-electron chi connectivity index (χ0n) is 14.5. The third-order valence-electron chi connectivity index (χ3n) is 4.49. The maximum Gasteiger partial charge on any atom is 0.418 e. The number of fused-ring (bicyclic) bond motifs is 1. The van der Waals surface area contributed by atoms with Crippen molar-refractivity contribution < 1.29 is 17.9 Å². The maximum absolute atomic E-state index is 13.2. The normalized spacial score (nSPS) is 17.4. The molecule has 0 unspecified atom stereocenters. The molecule has 1 aromatic heterocycles. The molecule has 25 heavy (non-hydrogen) atoms. The quantitative estimate of drug-likeness (QED) is 0.794. The summed E-state index contributed by atoms with van der Waals surface area (Å²) in [5, 5.41) is 0.418. The van der Waals surface area contributed by atoms with Crippen molar-refractivity contribution in [1.29, 1.82) is 0 Å². The zero-order chi connectivity index (χ0) is 18.0. The molecule has 0 bridgehead atoms. The molecule has 1 fully saturated rings. The van der Waals surface area contributed by atoms with E-state index in [4.69, 9.17) is 4.74 Å². The van der Waals surface area contributed by atoms with E-state index in [0.29, 0.717) is 17.1 Å². The Morgan fingerprint density at radius 2 is 1.92 bits per heavy atom. The van der Waals surface area contributed by atoms with Crippen molar-refractivity contribution in [2.24, 2.45) is 5.92 Å². The molecule has 2 aromatic rings. The number of para-hydroxylation sites is 1. The second-order valence-corrected chi connectivity index (χ2v) is 7.02. The first-order valence-electron chi connectivity index (χ1n) is 8.68. The fourth-order valence-corrected chi connectivity index (χ4v) is 3.39. The van der Waals surface area contributed by atoms with Crippen molar-refractivity contribution in [3.63, 3.8) is 0 Å². The van der Waals surface area contributed by atoms with Crippen LogP contribution in [0.25, 0.3) is 10.9 Å². The molecule has 1 saturated heterocycles. The molecule has 0 atom stereocenters. The standard InChI is InChI=1S/C19H23F3N2O/c1-13(2)12-24-10-7-14(8-11-24)25-17-6-9-23-18-15(17)4-3-5-16(18)19(20,21)22/h3-6,9,13-14H,7-8,10-12H2,1-2H3. The lowest BCUT2D eigenvalue weighted by molar-refractivity contribution is -0.136. The first-order valence-corrected chi connectivity index (χ1v) is 8.68. The number of halogens is 3. The fourth-order valence-electron chi connectivity index (χ4n) is 3.39. The predicted molar refractivity (Wildman–Crippen MR) is 91.7 cm³/mol. The van der Waals surface area contributed by atoms with Crippen LogP contribution in [0.15, 0.2) is 30.5 Å². The Hall–Kier alpha value is -1.82. The molecule has 0 spiro atoms. The van der Waals surface area contributed by atoms with Gasteiger partial charge in [0.1, 0.15) is 11.9 Å². The van der Waals surface area contributed by atoms with Gasteiger partial charge in [0, 0.05) is 31.2 Å². The van der Waals surface area contributed by atoms with Gasteiger partial charge in [0.2, 0.25) is 0 Å². The van der Waals surface area contributed by atoms with Crippen molar-refractivity contribution in [3.05, 3.63) is 36.0 Å². The van der Waals surface area contributed by atoms with E-state index in [1.165, 1.54) is 12.3 Å². The van der Waals surface area contributed by atoms with Crippen LogP contribution in [0.1, 0.15) is 32.3 Å². The van der Waals surface area contributed by atoms with E-state index < -0.39 is 11.7 Å². The van der Waals surface area contributed by atoms with Crippen molar-refractivity contribution in [2.75, 3.05) is 19.6 Å². The number of benzene rings is 1. The highest BCUT2D eigenvalue weighted by atomic mass is 19.4. The van der Waals surface area contributed by atoms with Crippen LogP contribution in [0.2, 0.25) is 0 Å². The topological polar surface area (TPSA) is 25.4 Å². The highest BCUT2D eigenvalue weighted by Crippen LogP contribution is 2.36. The van der Waals surface area contributed by atoms with E-state index in [2.05, 4.69) is 23.7 Å². The summed E-state index contributed by atoms with van der Waals surface area (Å²) < 4.78 is 45.6. The van der Waals surface area contributed by atoms with Crippen molar-refractivity contribution in [1.82, 2.24) is 9.88 Å². The minimum atomic E-state index is -4.42. The third-order valence-corrected chi connectivity index (χ3v) is 4.49. The Labute approximate surface area is 145 Å². The van der Waals surface area contributed by atoms with Gasteiger partial charge in [0.15, 0.2) is 0 Å². The Kier molecular flexibility index (Phi) is 5.18. The van der Waals surface area contributed by atoms with Crippen molar-refractivity contribution in [3.8, 4) is 5.75 Å². The van der Waals surface area contributed by atoms with E-state index in [-0.39, 0.29) is 11.6 Å². The van der Waals surface area contributed by atoms with Gasteiger partial charge >= 0.3 is 6.18 Å². The lowest BCUT2D eigenvalue weighted by atomic mass is 10.1.